The second-order valence-electron chi connectivity index (χ2n) is 2.40. The molecule has 1 aliphatic rings. The fourth-order valence-electron chi connectivity index (χ4n) is 1.14. The van der Waals surface area contributed by atoms with Gasteiger partial charge in [0.25, 0.3) is 0 Å². The van der Waals surface area contributed by atoms with Crippen LogP contribution >= 0.6 is 11.8 Å². The zero-order chi connectivity index (χ0) is 7.40. The molecule has 0 aromatic heterocycles. The third-order valence-corrected chi connectivity index (χ3v) is 1.81. The molecule has 0 spiro atoms. The van der Waals surface area contributed by atoms with Gasteiger partial charge >= 0.3 is 0 Å². The molecule has 0 atom stereocenters. The van der Waals surface area contributed by atoms with Crippen molar-refractivity contribution in [1.82, 2.24) is 9.74 Å². The quantitative estimate of drug-likeness (QED) is 0.595. The van der Waals surface area contributed by atoms with Crippen molar-refractivity contribution in [3.05, 3.63) is 0 Å². The summed E-state index contributed by atoms with van der Waals surface area (Å²) in [5, 5.41) is 0. The molecule has 0 radical (unpaired) electrons. The van der Waals surface area contributed by atoms with E-state index in [1.807, 2.05) is 4.90 Å². The van der Waals surface area contributed by atoms with Crippen LogP contribution in [0.25, 0.3) is 0 Å². The van der Waals surface area contributed by atoms with E-state index in [0.29, 0.717) is 0 Å². The van der Waals surface area contributed by atoms with Gasteiger partial charge < -0.3 is 4.90 Å². The van der Waals surface area contributed by atoms with Gasteiger partial charge in [0, 0.05) is 13.1 Å². The zero-order valence-corrected chi connectivity index (χ0v) is 6.52. The van der Waals surface area contributed by atoms with Crippen LogP contribution in [-0.2, 0) is 4.79 Å². The van der Waals surface area contributed by atoms with Crippen molar-refractivity contribution in [2.45, 2.75) is 12.8 Å². The third kappa shape index (κ3) is 1.85. The van der Waals surface area contributed by atoms with Crippen LogP contribution in [0.5, 0.6) is 0 Å². The summed E-state index contributed by atoms with van der Waals surface area (Å²) >= 11 is 5.18. The van der Waals surface area contributed by atoms with Gasteiger partial charge in [-0.3, -0.25) is 4.79 Å². The Labute approximate surface area is 65.4 Å². The Kier molecular flexibility index (Phi) is 2.96. The van der Waals surface area contributed by atoms with Crippen LogP contribution in [0.15, 0.2) is 0 Å². The van der Waals surface area contributed by atoms with E-state index in [9.17, 15) is 4.79 Å². The summed E-state index contributed by atoms with van der Waals surface area (Å²) in [4.78, 5) is 15.2. The zero-order valence-electron chi connectivity index (χ0n) is 5.77. The fraction of sp³-hybridized carbons (Fsp3) is 0.833. The molecule has 0 aromatic rings. The summed E-state index contributed by atoms with van der Waals surface area (Å²) in [6.45, 7) is 2.05. The van der Waals surface area contributed by atoms with Gasteiger partial charge in [0.1, 0.15) is 0 Å². The Balaban J connectivity index is 2.25. The van der Waals surface area contributed by atoms with Crippen LogP contribution in [0.4, 0.5) is 0 Å². The van der Waals surface area contributed by atoms with Crippen LogP contribution in [0, 0.1) is 0 Å². The maximum atomic E-state index is 11.0. The van der Waals surface area contributed by atoms with Crippen molar-refractivity contribution in [3.63, 3.8) is 0 Å². The molecule has 0 aliphatic carbocycles. The number of likely N-dealkylation sites (tertiary alicyclic amines) is 1. The molecule has 3 nitrogen and oxygen atoms in total. The molecule has 4 heteroatoms. The monoisotopic (exact) mass is 162 g/mol. The molecular formula is C6H11ClN2O. The van der Waals surface area contributed by atoms with Gasteiger partial charge in [-0.15, -0.1) is 0 Å². The van der Waals surface area contributed by atoms with Gasteiger partial charge in [0.2, 0.25) is 5.91 Å². The number of hydrogen-bond acceptors (Lipinski definition) is 2. The first-order valence-corrected chi connectivity index (χ1v) is 3.83. The lowest BCUT2D eigenvalue weighted by molar-refractivity contribution is -0.128. The van der Waals surface area contributed by atoms with E-state index in [1.54, 1.807) is 0 Å². The Morgan fingerprint density at radius 1 is 1.50 bits per heavy atom. The van der Waals surface area contributed by atoms with Crippen molar-refractivity contribution < 1.29 is 4.79 Å². The lowest BCUT2D eigenvalue weighted by Crippen LogP contribution is -2.33. The van der Waals surface area contributed by atoms with Crippen molar-refractivity contribution in [3.8, 4) is 0 Å². The molecule has 1 fully saturated rings. The number of nitrogens with zero attached hydrogens (tertiary/aromatic N) is 1. The Hall–Kier alpha value is -0.280. The van der Waals surface area contributed by atoms with Crippen molar-refractivity contribution >= 4 is 17.7 Å². The topological polar surface area (TPSA) is 32.3 Å². The number of hydrogen-bond donors (Lipinski definition) is 1. The number of halogens is 1. The molecule has 1 rings (SSSR count). The smallest absolute Gasteiger partial charge is 0.237 e. The molecule has 0 saturated carbocycles. The molecule has 0 bridgehead atoms. The van der Waals surface area contributed by atoms with Gasteiger partial charge in [0.05, 0.1) is 6.54 Å². The lowest BCUT2D eigenvalue weighted by atomic mass is 10.4. The second kappa shape index (κ2) is 3.78. The molecule has 1 saturated heterocycles. The molecule has 58 valence electrons. The average molecular weight is 163 g/mol. The largest absolute Gasteiger partial charge is 0.342 e. The Bertz CT molecular complexity index is 123. The van der Waals surface area contributed by atoms with Crippen LogP contribution in [0.3, 0.4) is 0 Å². The Morgan fingerprint density at radius 3 is 2.60 bits per heavy atom. The van der Waals surface area contributed by atoms with Gasteiger partial charge in [0.15, 0.2) is 0 Å². The summed E-state index contributed by atoms with van der Waals surface area (Å²) in [6, 6.07) is 0. The van der Waals surface area contributed by atoms with Crippen LogP contribution in [-0.4, -0.2) is 30.4 Å². The predicted octanol–water partition coefficient (Wildman–Crippen LogP) is 0.352. The number of rotatable bonds is 2. The third-order valence-electron chi connectivity index (χ3n) is 1.68. The van der Waals surface area contributed by atoms with E-state index < -0.39 is 0 Å². The van der Waals surface area contributed by atoms with E-state index >= 15 is 0 Å². The maximum Gasteiger partial charge on any atom is 0.237 e. The highest BCUT2D eigenvalue weighted by Gasteiger charge is 2.16. The number of amides is 1. The van der Waals surface area contributed by atoms with Crippen molar-refractivity contribution in [2.24, 2.45) is 0 Å². The minimum absolute atomic E-state index is 0.104. The van der Waals surface area contributed by atoms with E-state index in [4.69, 9.17) is 11.8 Å². The molecule has 1 N–H and O–H groups in total. The van der Waals surface area contributed by atoms with E-state index in [1.165, 1.54) is 0 Å². The highest BCUT2D eigenvalue weighted by molar-refractivity contribution is 6.14. The van der Waals surface area contributed by atoms with Crippen molar-refractivity contribution in [1.29, 1.82) is 0 Å². The highest BCUT2D eigenvalue weighted by Crippen LogP contribution is 2.06. The summed E-state index contributed by atoms with van der Waals surface area (Å²) < 4.78 is 0. The first-order chi connectivity index (χ1) is 4.84. The molecule has 0 aromatic carbocycles. The minimum Gasteiger partial charge on any atom is -0.342 e. The van der Waals surface area contributed by atoms with E-state index in [2.05, 4.69) is 4.84 Å². The first kappa shape index (κ1) is 7.82. The molecule has 0 unspecified atom stereocenters. The molecule has 1 aliphatic heterocycles. The van der Waals surface area contributed by atoms with Crippen LogP contribution in [0.2, 0.25) is 0 Å². The molecule has 1 amide bonds. The van der Waals surface area contributed by atoms with Gasteiger partial charge in [-0.25, -0.2) is 4.84 Å². The standard InChI is InChI=1S/C6H11ClN2O/c7-8-5-6(10)9-3-1-2-4-9/h8H,1-5H2. The number of nitrogens with one attached hydrogen (secondary N) is 1. The average Bonchev–Trinajstić information content (AvgIpc) is 2.38. The van der Waals surface area contributed by atoms with Gasteiger partial charge in [-0.05, 0) is 24.6 Å². The van der Waals surface area contributed by atoms with E-state index in [-0.39, 0.29) is 12.5 Å². The maximum absolute atomic E-state index is 11.0. The van der Waals surface area contributed by atoms with E-state index in [0.717, 1.165) is 25.9 Å². The summed E-state index contributed by atoms with van der Waals surface area (Å²) in [5.74, 6) is 0.104. The highest BCUT2D eigenvalue weighted by atomic mass is 35.5. The van der Waals surface area contributed by atoms with Crippen LogP contribution < -0.4 is 4.84 Å². The summed E-state index contributed by atoms with van der Waals surface area (Å²) in [6.07, 6.45) is 2.27. The fourth-order valence-corrected chi connectivity index (χ4v) is 1.25. The second-order valence-corrected chi connectivity index (χ2v) is 2.67. The van der Waals surface area contributed by atoms with Gasteiger partial charge in [-0.2, -0.15) is 0 Å². The summed E-state index contributed by atoms with van der Waals surface area (Å²) in [7, 11) is 0. The normalized spacial score (nSPS) is 17.9. The molecular weight excluding hydrogens is 152 g/mol. The predicted molar refractivity (Wildman–Crippen MR) is 39.7 cm³/mol. The van der Waals surface area contributed by atoms with Crippen molar-refractivity contribution in [2.75, 3.05) is 19.6 Å². The number of carbonyl (C=O) groups is 1. The van der Waals surface area contributed by atoms with Gasteiger partial charge in [-0.1, -0.05) is 0 Å². The SMILES string of the molecule is O=C(CNCl)N1CCCC1. The Morgan fingerprint density at radius 2 is 2.10 bits per heavy atom. The first-order valence-electron chi connectivity index (χ1n) is 3.46. The minimum atomic E-state index is 0.104. The molecule has 10 heavy (non-hydrogen) atoms. The number of carbonyl (C=O) groups excluding carboxylic acids is 1. The lowest BCUT2D eigenvalue weighted by Gasteiger charge is -2.13. The summed E-state index contributed by atoms with van der Waals surface area (Å²) in [5.41, 5.74) is 0. The molecule has 1 heterocycles. The van der Waals surface area contributed by atoms with Crippen LogP contribution in [0.1, 0.15) is 12.8 Å².